The number of nitrogens with zero attached hydrogens (tertiary/aromatic N) is 4. The van der Waals surface area contributed by atoms with Crippen LogP contribution in [0.3, 0.4) is 0 Å². The number of hydrogen-bond acceptors (Lipinski definition) is 7. The molecule has 4 rings (SSSR count). The Kier molecular flexibility index (Phi) is 7.67. The van der Waals surface area contributed by atoms with Gasteiger partial charge in [-0.15, -0.1) is 0 Å². The van der Waals surface area contributed by atoms with Gasteiger partial charge in [0.2, 0.25) is 15.2 Å². The normalized spacial score (nSPS) is 15.6. The molecule has 0 saturated carbocycles. The number of anilines is 1. The van der Waals surface area contributed by atoms with Crippen molar-refractivity contribution in [1.29, 1.82) is 0 Å². The van der Waals surface area contributed by atoms with Crippen molar-refractivity contribution in [3.63, 3.8) is 0 Å². The molecule has 0 aliphatic carbocycles. The molecule has 9 heteroatoms. The van der Waals surface area contributed by atoms with E-state index in [1.165, 1.54) is 17.1 Å². The van der Waals surface area contributed by atoms with Gasteiger partial charge >= 0.3 is 0 Å². The van der Waals surface area contributed by atoms with Crippen molar-refractivity contribution >= 4 is 26.7 Å². The second-order valence-corrected chi connectivity index (χ2v) is 12.2. The minimum atomic E-state index is -3.50. The van der Waals surface area contributed by atoms with Gasteiger partial charge in [0.15, 0.2) is 0 Å². The summed E-state index contributed by atoms with van der Waals surface area (Å²) in [7, 11) is -3.50. The molecule has 1 saturated heterocycles. The molecule has 0 atom stereocenters. The zero-order chi connectivity index (χ0) is 24.2. The fourth-order valence-electron chi connectivity index (χ4n) is 3.94. The van der Waals surface area contributed by atoms with Gasteiger partial charge in [0.1, 0.15) is 5.82 Å². The Morgan fingerprint density at radius 3 is 2.29 bits per heavy atom. The Morgan fingerprint density at radius 1 is 0.971 bits per heavy atom. The first-order chi connectivity index (χ1) is 16.2. The van der Waals surface area contributed by atoms with Gasteiger partial charge in [0, 0.05) is 57.2 Å². The lowest BCUT2D eigenvalue weighted by molar-refractivity contribution is 0.262. The van der Waals surface area contributed by atoms with Crippen LogP contribution in [0.4, 0.5) is 5.13 Å². The van der Waals surface area contributed by atoms with Crippen molar-refractivity contribution < 1.29 is 8.42 Å². The molecule has 34 heavy (non-hydrogen) atoms. The summed E-state index contributed by atoms with van der Waals surface area (Å²) in [5, 5.41) is 0.963. The second kappa shape index (κ2) is 10.5. The SMILES string of the molecule is CC(C)(C)c1ccc(S(=O)(=O)NCCN2CCN(c3nc(Cc4ccccc4)ns3)CC2)cc1. The lowest BCUT2D eigenvalue weighted by atomic mass is 9.87. The van der Waals surface area contributed by atoms with Gasteiger partial charge in [-0.2, -0.15) is 4.37 Å². The summed E-state index contributed by atoms with van der Waals surface area (Å²) >= 11 is 1.45. The van der Waals surface area contributed by atoms with Gasteiger partial charge < -0.3 is 4.90 Å². The van der Waals surface area contributed by atoms with Gasteiger partial charge in [-0.3, -0.25) is 4.90 Å². The van der Waals surface area contributed by atoms with Crippen LogP contribution < -0.4 is 9.62 Å². The van der Waals surface area contributed by atoms with Gasteiger partial charge in [-0.05, 0) is 28.7 Å². The number of sulfonamides is 1. The van der Waals surface area contributed by atoms with Crippen molar-refractivity contribution in [1.82, 2.24) is 19.0 Å². The highest BCUT2D eigenvalue weighted by Crippen LogP contribution is 2.23. The highest BCUT2D eigenvalue weighted by Gasteiger charge is 2.21. The predicted octanol–water partition coefficient (Wildman–Crippen LogP) is 3.53. The summed E-state index contributed by atoms with van der Waals surface area (Å²) in [6.07, 6.45) is 0.746. The van der Waals surface area contributed by atoms with E-state index in [2.05, 4.69) is 51.8 Å². The molecule has 1 aliphatic heterocycles. The summed E-state index contributed by atoms with van der Waals surface area (Å²) in [4.78, 5) is 9.59. The minimum absolute atomic E-state index is 0.00395. The first-order valence-corrected chi connectivity index (χ1v) is 13.9. The summed E-state index contributed by atoms with van der Waals surface area (Å²) in [6, 6.07) is 17.4. The molecule has 2 aromatic carbocycles. The van der Waals surface area contributed by atoms with Crippen molar-refractivity contribution in [3.8, 4) is 0 Å². The average Bonchev–Trinajstić information content (AvgIpc) is 3.28. The first kappa shape index (κ1) is 24.8. The predicted molar refractivity (Wildman–Crippen MR) is 138 cm³/mol. The third-order valence-electron chi connectivity index (χ3n) is 6.06. The maximum atomic E-state index is 12.7. The molecular weight excluding hydrogens is 466 g/mol. The van der Waals surface area contributed by atoms with Gasteiger partial charge in [0.05, 0.1) is 4.90 Å². The zero-order valence-electron chi connectivity index (χ0n) is 20.1. The molecule has 182 valence electrons. The number of hydrogen-bond donors (Lipinski definition) is 1. The first-order valence-electron chi connectivity index (χ1n) is 11.6. The summed E-state index contributed by atoms with van der Waals surface area (Å²) in [6.45, 7) is 10.9. The fourth-order valence-corrected chi connectivity index (χ4v) is 5.70. The second-order valence-electron chi connectivity index (χ2n) is 9.66. The van der Waals surface area contributed by atoms with Crippen LogP contribution in [0, 0.1) is 0 Å². The largest absolute Gasteiger partial charge is 0.344 e. The average molecular weight is 500 g/mol. The van der Waals surface area contributed by atoms with Gasteiger partial charge in [0.25, 0.3) is 0 Å². The zero-order valence-corrected chi connectivity index (χ0v) is 21.7. The van der Waals surface area contributed by atoms with Crippen LogP contribution >= 0.6 is 11.5 Å². The van der Waals surface area contributed by atoms with E-state index in [0.29, 0.717) is 18.0 Å². The maximum Gasteiger partial charge on any atom is 0.240 e. The Bertz CT molecular complexity index is 1160. The Hall–Kier alpha value is -2.33. The van der Waals surface area contributed by atoms with Crippen molar-refractivity contribution in [2.24, 2.45) is 0 Å². The van der Waals surface area contributed by atoms with E-state index >= 15 is 0 Å². The van der Waals surface area contributed by atoms with E-state index < -0.39 is 10.0 Å². The van der Waals surface area contributed by atoms with Gasteiger partial charge in [-0.1, -0.05) is 63.2 Å². The van der Waals surface area contributed by atoms with Crippen molar-refractivity contribution in [2.45, 2.75) is 37.5 Å². The third kappa shape index (κ3) is 6.41. The van der Waals surface area contributed by atoms with Crippen molar-refractivity contribution in [2.75, 3.05) is 44.2 Å². The number of piperazine rings is 1. The number of benzene rings is 2. The molecule has 2 heterocycles. The Morgan fingerprint density at radius 2 is 1.65 bits per heavy atom. The number of aromatic nitrogens is 2. The molecular formula is C25H33N5O2S2. The highest BCUT2D eigenvalue weighted by atomic mass is 32.2. The smallest absolute Gasteiger partial charge is 0.240 e. The lowest BCUT2D eigenvalue weighted by Gasteiger charge is -2.34. The molecule has 0 amide bonds. The van der Waals surface area contributed by atoms with Gasteiger partial charge in [-0.25, -0.2) is 18.1 Å². The van der Waals surface area contributed by atoms with Crippen LogP contribution in [0.15, 0.2) is 59.5 Å². The molecule has 1 N–H and O–H groups in total. The third-order valence-corrected chi connectivity index (χ3v) is 8.35. The maximum absolute atomic E-state index is 12.7. The molecule has 1 aliphatic rings. The highest BCUT2D eigenvalue weighted by molar-refractivity contribution is 7.89. The molecule has 7 nitrogen and oxygen atoms in total. The Balaban J connectivity index is 1.22. The Labute approximate surface area is 207 Å². The molecule has 1 aromatic heterocycles. The van der Waals surface area contributed by atoms with E-state index in [9.17, 15) is 8.42 Å². The van der Waals surface area contributed by atoms with Crippen LogP contribution in [0.25, 0.3) is 0 Å². The van der Waals surface area contributed by atoms with Crippen LogP contribution in [0.1, 0.15) is 37.7 Å². The summed E-state index contributed by atoms with van der Waals surface area (Å²) < 4.78 is 32.6. The topological polar surface area (TPSA) is 78.4 Å². The molecule has 0 radical (unpaired) electrons. The van der Waals surface area contributed by atoms with E-state index in [4.69, 9.17) is 4.98 Å². The quantitative estimate of drug-likeness (QED) is 0.511. The fraction of sp³-hybridized carbons (Fsp3) is 0.440. The van der Waals surface area contributed by atoms with Crippen LogP contribution in [0.2, 0.25) is 0 Å². The monoisotopic (exact) mass is 499 g/mol. The standard InChI is InChI=1S/C25H33N5O2S2/c1-25(2,3)21-9-11-22(12-10-21)34(31,32)26-13-14-29-15-17-30(18-16-29)24-27-23(28-33-24)19-20-7-5-4-6-8-20/h4-12,26H,13-19H2,1-3H3. The lowest BCUT2D eigenvalue weighted by Crippen LogP contribution is -2.48. The van der Waals surface area contributed by atoms with E-state index in [-0.39, 0.29) is 5.41 Å². The minimum Gasteiger partial charge on any atom is -0.344 e. The van der Waals surface area contributed by atoms with E-state index in [1.54, 1.807) is 12.1 Å². The van der Waals surface area contributed by atoms with E-state index in [0.717, 1.165) is 49.1 Å². The molecule has 0 bridgehead atoms. The molecule has 1 fully saturated rings. The van der Waals surface area contributed by atoms with Crippen LogP contribution in [0.5, 0.6) is 0 Å². The summed E-state index contributed by atoms with van der Waals surface area (Å²) in [5.41, 5.74) is 2.33. The van der Waals surface area contributed by atoms with E-state index in [1.807, 2.05) is 30.3 Å². The number of nitrogens with one attached hydrogen (secondary N) is 1. The number of rotatable bonds is 8. The molecule has 0 spiro atoms. The molecule has 3 aromatic rings. The summed E-state index contributed by atoms with van der Waals surface area (Å²) in [5.74, 6) is 0.860. The molecule has 0 unspecified atom stereocenters. The van der Waals surface area contributed by atoms with Crippen LogP contribution in [-0.2, 0) is 21.9 Å². The van der Waals surface area contributed by atoms with Crippen molar-refractivity contribution in [3.05, 3.63) is 71.5 Å². The van der Waals surface area contributed by atoms with Crippen LogP contribution in [-0.4, -0.2) is 61.9 Å².